The maximum atomic E-state index is 14.3. The second-order valence-corrected chi connectivity index (χ2v) is 15.7. The van der Waals surface area contributed by atoms with Gasteiger partial charge in [-0.2, -0.15) is 0 Å². The zero-order chi connectivity index (χ0) is 36.2. The summed E-state index contributed by atoms with van der Waals surface area (Å²) in [4.78, 5) is 56.3. The van der Waals surface area contributed by atoms with Gasteiger partial charge in [-0.15, -0.1) is 22.7 Å². The van der Waals surface area contributed by atoms with E-state index >= 15 is 0 Å². The summed E-state index contributed by atoms with van der Waals surface area (Å²) in [5.41, 5.74) is 4.85. The number of aromatic nitrogens is 2. The number of ether oxygens (including phenoxy) is 1. The lowest BCUT2D eigenvalue weighted by Gasteiger charge is -2.41. The van der Waals surface area contributed by atoms with E-state index in [-0.39, 0.29) is 30.4 Å². The number of thiazole rings is 2. The Morgan fingerprint density at radius 2 is 1.69 bits per heavy atom. The van der Waals surface area contributed by atoms with Crippen LogP contribution in [0.1, 0.15) is 65.7 Å². The van der Waals surface area contributed by atoms with Gasteiger partial charge in [0.1, 0.15) is 12.6 Å². The smallest absolute Gasteiger partial charge is 0.407 e. The number of nitrogens with zero attached hydrogens (tertiary/aromatic N) is 5. The minimum absolute atomic E-state index is 0.0135. The molecular weight excluding hydrogens is 681 g/mol. The molecule has 5 rings (SSSR count). The number of amides is 3. The molecule has 1 N–H and O–H groups in total. The summed E-state index contributed by atoms with van der Waals surface area (Å²) in [6.07, 6.45) is 4.30. The number of alkyl carbamates (subject to hydrolysis) is 1. The minimum atomic E-state index is -0.543. The van der Waals surface area contributed by atoms with Crippen LogP contribution >= 0.6 is 22.7 Å². The van der Waals surface area contributed by atoms with E-state index in [0.717, 1.165) is 33.1 Å². The molecule has 10 nitrogen and oxygen atoms in total. The molecule has 1 aliphatic heterocycles. The number of Topliss-reactive ketones (excluding diaryl/α,β-unsaturated/α-hetero) is 1. The Bertz CT molecular complexity index is 1670. The molecular formula is C39H50N6O4S2. The summed E-state index contributed by atoms with van der Waals surface area (Å²) in [6, 6.07) is 19.4. The normalized spacial score (nSPS) is 16.1. The van der Waals surface area contributed by atoms with Crippen LogP contribution in [0, 0.1) is 5.92 Å². The second-order valence-electron chi connectivity index (χ2n) is 13.8. The van der Waals surface area contributed by atoms with Crippen molar-refractivity contribution in [3.8, 4) is 0 Å². The third-order valence-corrected chi connectivity index (χ3v) is 11.2. The van der Waals surface area contributed by atoms with Crippen LogP contribution in [-0.4, -0.2) is 88.4 Å². The number of benzene rings is 2. The van der Waals surface area contributed by atoms with Crippen LogP contribution in [0.5, 0.6) is 0 Å². The Kier molecular flexibility index (Phi) is 14.1. The quantitative estimate of drug-likeness (QED) is 0.132. The van der Waals surface area contributed by atoms with E-state index < -0.39 is 12.1 Å². The van der Waals surface area contributed by atoms with Crippen LogP contribution < -0.4 is 5.32 Å². The molecule has 1 fully saturated rings. The maximum absolute atomic E-state index is 14.3. The average molecular weight is 731 g/mol. The molecule has 2 aromatic heterocycles. The van der Waals surface area contributed by atoms with Gasteiger partial charge in [-0.05, 0) is 49.8 Å². The first kappa shape index (κ1) is 38.1. The number of hydrogen-bond donors (Lipinski definition) is 1. The first-order chi connectivity index (χ1) is 24.6. The van der Waals surface area contributed by atoms with E-state index in [1.165, 1.54) is 11.3 Å². The van der Waals surface area contributed by atoms with Gasteiger partial charge in [0.25, 0.3) is 0 Å². The molecule has 1 aliphatic rings. The highest BCUT2D eigenvalue weighted by molar-refractivity contribution is 7.09. The molecule has 0 spiro atoms. The lowest BCUT2D eigenvalue weighted by molar-refractivity contribution is -0.126. The second kappa shape index (κ2) is 18.9. The zero-order valence-electron chi connectivity index (χ0n) is 30.1. The van der Waals surface area contributed by atoms with Crippen LogP contribution in [0.15, 0.2) is 77.8 Å². The molecule has 3 heterocycles. The Hall–Kier alpha value is -4.13. The molecule has 1 saturated heterocycles. The summed E-state index contributed by atoms with van der Waals surface area (Å²) < 4.78 is 5.53. The molecule has 0 radical (unpaired) electrons. The number of piperazine rings is 1. The first-order valence-corrected chi connectivity index (χ1v) is 19.5. The molecule has 0 bridgehead atoms. The predicted octanol–water partition coefficient (Wildman–Crippen LogP) is 7.03. The van der Waals surface area contributed by atoms with Crippen molar-refractivity contribution < 1.29 is 19.1 Å². The fourth-order valence-corrected chi connectivity index (χ4v) is 7.81. The number of carbonyl (C=O) groups excluding carboxylic acids is 3. The predicted molar refractivity (Wildman–Crippen MR) is 203 cm³/mol. The van der Waals surface area contributed by atoms with Crippen molar-refractivity contribution in [2.75, 3.05) is 33.7 Å². The van der Waals surface area contributed by atoms with Gasteiger partial charge >= 0.3 is 12.1 Å². The van der Waals surface area contributed by atoms with Gasteiger partial charge < -0.3 is 24.8 Å². The number of carbonyl (C=O) groups is 3. The van der Waals surface area contributed by atoms with Crippen molar-refractivity contribution in [1.82, 2.24) is 30.0 Å². The fourth-order valence-electron chi connectivity index (χ4n) is 6.48. The molecule has 0 saturated carbocycles. The minimum Gasteiger partial charge on any atom is -0.444 e. The summed E-state index contributed by atoms with van der Waals surface area (Å²) >= 11 is 3.06. The van der Waals surface area contributed by atoms with Crippen LogP contribution in [0.25, 0.3) is 0 Å². The van der Waals surface area contributed by atoms with E-state index in [1.54, 1.807) is 39.9 Å². The molecule has 51 heavy (non-hydrogen) atoms. The molecule has 3 atom stereocenters. The van der Waals surface area contributed by atoms with Gasteiger partial charge in [0.2, 0.25) is 0 Å². The lowest BCUT2D eigenvalue weighted by atomic mass is 9.86. The standard InChI is InChI=1S/C39H50N6O4S2/c1-28(2)37-41-33(26-50-37)23-44(4)39(48)45-18-17-43(3)24-35(45)36(46)21-31(19-29-11-7-5-8-12-29)15-16-32(20-30-13-9-6-10-14-30)42-38(47)49-25-34-22-40-27-51-34/h5-14,22,26-28,31-32,35H,15-21,23-25H2,1-4H3,(H,42,47)/t31-,32-,35-/m1/s1. The van der Waals surface area contributed by atoms with Crippen molar-refractivity contribution in [1.29, 1.82) is 0 Å². The van der Waals surface area contributed by atoms with Gasteiger partial charge in [0.05, 0.1) is 27.6 Å². The molecule has 4 aromatic rings. The van der Waals surface area contributed by atoms with E-state index in [1.807, 2.05) is 48.8 Å². The summed E-state index contributed by atoms with van der Waals surface area (Å²) in [6.45, 7) is 6.48. The third-order valence-electron chi connectivity index (χ3n) is 9.25. The van der Waals surface area contributed by atoms with Gasteiger partial charge in [0.15, 0.2) is 5.78 Å². The lowest BCUT2D eigenvalue weighted by Crippen LogP contribution is -2.59. The third kappa shape index (κ3) is 11.7. The highest BCUT2D eigenvalue weighted by atomic mass is 32.1. The van der Waals surface area contributed by atoms with Crippen molar-refractivity contribution in [3.63, 3.8) is 0 Å². The van der Waals surface area contributed by atoms with Crippen molar-refractivity contribution in [2.45, 2.75) is 77.1 Å². The number of rotatable bonds is 16. The van der Waals surface area contributed by atoms with Crippen molar-refractivity contribution >= 4 is 40.6 Å². The van der Waals surface area contributed by atoms with Crippen LogP contribution in [0.2, 0.25) is 0 Å². The number of ketones is 1. The molecule has 272 valence electrons. The average Bonchev–Trinajstić information content (AvgIpc) is 3.83. The maximum Gasteiger partial charge on any atom is 0.407 e. The number of hydrogen-bond acceptors (Lipinski definition) is 9. The Balaban J connectivity index is 1.28. The van der Waals surface area contributed by atoms with Gasteiger partial charge in [-0.1, -0.05) is 74.5 Å². The highest BCUT2D eigenvalue weighted by Crippen LogP contribution is 2.25. The van der Waals surface area contributed by atoms with Crippen LogP contribution in [0.3, 0.4) is 0 Å². The highest BCUT2D eigenvalue weighted by Gasteiger charge is 2.36. The molecule has 0 unspecified atom stereocenters. The number of likely N-dealkylation sites (N-methyl/N-ethyl adjacent to an activating group) is 1. The van der Waals surface area contributed by atoms with E-state index in [2.05, 4.69) is 53.3 Å². The molecule has 3 amide bonds. The van der Waals surface area contributed by atoms with E-state index in [4.69, 9.17) is 9.72 Å². The SMILES string of the molecule is CC(C)c1nc(CN(C)C(=O)N2CCN(C)C[C@@H]2C(=O)C[C@H](CC[C@H](Cc2ccccc2)NC(=O)OCc2cncs2)Cc2ccccc2)cs1. The van der Waals surface area contributed by atoms with Crippen molar-refractivity contribution in [3.05, 3.63) is 104 Å². The van der Waals surface area contributed by atoms with Gasteiger partial charge in [0, 0.05) is 56.6 Å². The number of nitrogens with one attached hydrogen (secondary N) is 1. The topological polar surface area (TPSA) is 108 Å². The van der Waals surface area contributed by atoms with Crippen molar-refractivity contribution in [2.24, 2.45) is 5.92 Å². The summed E-state index contributed by atoms with van der Waals surface area (Å²) in [5.74, 6) is 0.414. The first-order valence-electron chi connectivity index (χ1n) is 17.7. The van der Waals surface area contributed by atoms with Gasteiger partial charge in [-0.25, -0.2) is 14.6 Å². The largest absolute Gasteiger partial charge is 0.444 e. The Morgan fingerprint density at radius 3 is 2.33 bits per heavy atom. The Labute approximate surface area is 309 Å². The Morgan fingerprint density at radius 1 is 0.980 bits per heavy atom. The fraction of sp³-hybridized carbons (Fsp3) is 0.462. The van der Waals surface area contributed by atoms with Crippen LogP contribution in [-0.2, 0) is 35.5 Å². The summed E-state index contributed by atoms with van der Waals surface area (Å²) in [7, 11) is 3.79. The van der Waals surface area contributed by atoms with Gasteiger partial charge in [-0.3, -0.25) is 9.78 Å². The summed E-state index contributed by atoms with van der Waals surface area (Å²) in [5, 5.41) is 6.17. The van der Waals surface area contributed by atoms with E-state index in [9.17, 15) is 14.4 Å². The molecule has 2 aromatic carbocycles. The van der Waals surface area contributed by atoms with E-state index in [0.29, 0.717) is 57.8 Å². The van der Waals surface area contributed by atoms with Crippen LogP contribution in [0.4, 0.5) is 9.59 Å². The number of urea groups is 1. The molecule has 0 aliphatic carbocycles. The zero-order valence-corrected chi connectivity index (χ0v) is 31.7. The monoisotopic (exact) mass is 730 g/mol. The molecule has 12 heteroatoms.